The normalized spacial score (nSPS) is 8.00. The molecule has 8 nitrogen and oxygen atoms in total. The fourth-order valence-electron chi connectivity index (χ4n) is 0.624. The van der Waals surface area contributed by atoms with E-state index in [9.17, 15) is 0 Å². The molecule has 0 aliphatic rings. The Morgan fingerprint density at radius 3 is 1.90 bits per heavy atom. The predicted molar refractivity (Wildman–Crippen MR) is 72.8 cm³/mol. The van der Waals surface area contributed by atoms with Crippen molar-refractivity contribution >= 4 is 22.7 Å². The monoisotopic (exact) mass is 310 g/mol. The molecule has 0 bridgehead atoms. The van der Waals surface area contributed by atoms with Gasteiger partial charge in [-0.2, -0.15) is 0 Å². The molecule has 0 saturated carbocycles. The molecule has 4 heterocycles. The zero-order valence-electron chi connectivity index (χ0n) is 10.1. The van der Waals surface area contributed by atoms with E-state index in [1.807, 2.05) is 5.38 Å². The average Bonchev–Trinajstić information content (AvgIpc) is 3.40. The van der Waals surface area contributed by atoms with E-state index in [1.165, 1.54) is 36.7 Å². The number of hydrogen-bond acceptors (Lipinski definition) is 10. The van der Waals surface area contributed by atoms with Crippen LogP contribution in [0.5, 0.6) is 0 Å². The van der Waals surface area contributed by atoms with E-state index < -0.39 is 0 Å². The van der Waals surface area contributed by atoms with Crippen LogP contribution in [0.4, 0.5) is 0 Å². The Morgan fingerprint density at radius 1 is 0.800 bits per heavy atom. The van der Waals surface area contributed by atoms with Crippen molar-refractivity contribution in [1.29, 1.82) is 0 Å². The molecular weight excluding hydrogens is 300 g/mol. The third-order valence-electron chi connectivity index (χ3n) is 1.26. The molecular formula is C10H10N6O2S2. The maximum atomic E-state index is 4.47. The Kier molecular flexibility index (Phi) is 10.1. The van der Waals surface area contributed by atoms with Crippen molar-refractivity contribution in [3.63, 3.8) is 0 Å². The molecule has 10 heteroatoms. The van der Waals surface area contributed by atoms with Crippen molar-refractivity contribution in [3.05, 3.63) is 59.7 Å². The first-order valence-corrected chi connectivity index (χ1v) is 6.91. The molecule has 4 rings (SSSR count). The van der Waals surface area contributed by atoms with Gasteiger partial charge in [-0.15, -0.1) is 32.9 Å². The molecule has 4 aromatic rings. The van der Waals surface area contributed by atoms with Crippen molar-refractivity contribution in [2.75, 3.05) is 0 Å². The van der Waals surface area contributed by atoms with Gasteiger partial charge in [-0.3, -0.25) is 4.98 Å². The summed E-state index contributed by atoms with van der Waals surface area (Å²) in [6, 6.07) is 0. The van der Waals surface area contributed by atoms with Gasteiger partial charge in [-0.25, -0.2) is 9.97 Å². The van der Waals surface area contributed by atoms with E-state index in [4.69, 9.17) is 0 Å². The van der Waals surface area contributed by atoms with Crippen molar-refractivity contribution < 1.29 is 8.94 Å². The minimum Gasteiger partial charge on any atom is -0.452 e. The predicted octanol–water partition coefficient (Wildman–Crippen LogP) is 2.43. The van der Waals surface area contributed by atoms with E-state index >= 15 is 0 Å². The highest BCUT2D eigenvalue weighted by Crippen LogP contribution is 1.86. The van der Waals surface area contributed by atoms with E-state index in [0.29, 0.717) is 0 Å². The highest BCUT2D eigenvalue weighted by Gasteiger charge is 1.61. The number of rotatable bonds is 0. The first-order chi connectivity index (χ1) is 10.0. The Hall–Kier alpha value is -2.46. The van der Waals surface area contributed by atoms with Crippen molar-refractivity contribution in [2.45, 2.75) is 0 Å². The van der Waals surface area contributed by atoms with Crippen LogP contribution in [0.15, 0.2) is 68.6 Å². The molecule has 0 radical (unpaired) electrons. The Morgan fingerprint density at radius 2 is 1.70 bits per heavy atom. The lowest BCUT2D eigenvalue weighted by Crippen LogP contribution is -1.53. The fourth-order valence-corrected chi connectivity index (χ4v) is 1.25. The number of aromatic nitrogens is 6. The number of thiazole rings is 1. The maximum absolute atomic E-state index is 4.47. The summed E-state index contributed by atoms with van der Waals surface area (Å²) in [7, 11) is 0. The lowest BCUT2D eigenvalue weighted by molar-refractivity contribution is 0.416. The van der Waals surface area contributed by atoms with Gasteiger partial charge in [0.05, 0.1) is 11.7 Å². The minimum atomic E-state index is 1.26. The van der Waals surface area contributed by atoms with Crippen LogP contribution in [-0.2, 0) is 0 Å². The zero-order chi connectivity index (χ0) is 14.1. The molecule has 20 heavy (non-hydrogen) atoms. The molecule has 0 spiro atoms. The molecule has 0 aliphatic heterocycles. The van der Waals surface area contributed by atoms with Gasteiger partial charge in [0, 0.05) is 11.6 Å². The smallest absolute Gasteiger partial charge is 0.213 e. The van der Waals surface area contributed by atoms with Gasteiger partial charge in [-0.1, -0.05) is 5.16 Å². The molecule has 0 N–H and O–H groups in total. The molecule has 4 aromatic heterocycles. The summed E-state index contributed by atoms with van der Waals surface area (Å²) in [6.45, 7) is 0. The standard InChI is InChI=1S/C3H3NO.C3H3NS.C2H2N2O.C2H2N2S/c2*1-2-5-3-4-1;1-3-2-5-4-1;1-3-4-2-5-1/h2*1-3H;2*1-2H. The minimum absolute atomic E-state index is 1.26. The van der Waals surface area contributed by atoms with Crippen LogP contribution in [0.2, 0.25) is 0 Å². The number of oxazole rings is 1. The summed E-state index contributed by atoms with van der Waals surface area (Å²) >= 11 is 3.09. The number of nitrogens with zero attached hydrogens (tertiary/aromatic N) is 6. The molecule has 0 amide bonds. The number of hydrogen-bond donors (Lipinski definition) is 0. The van der Waals surface area contributed by atoms with Crippen molar-refractivity contribution in [1.82, 2.24) is 30.3 Å². The van der Waals surface area contributed by atoms with Crippen LogP contribution >= 0.6 is 22.7 Å². The lowest BCUT2D eigenvalue weighted by Gasteiger charge is -1.47. The van der Waals surface area contributed by atoms with Gasteiger partial charge in [0.25, 0.3) is 0 Å². The topological polar surface area (TPSA) is 104 Å². The Bertz CT molecular complexity index is 365. The zero-order valence-corrected chi connectivity index (χ0v) is 11.7. The Labute approximate surface area is 122 Å². The van der Waals surface area contributed by atoms with Crippen LogP contribution in [0, 0.1) is 0 Å². The van der Waals surface area contributed by atoms with Gasteiger partial charge >= 0.3 is 0 Å². The van der Waals surface area contributed by atoms with Gasteiger partial charge < -0.3 is 8.94 Å². The second-order valence-corrected chi connectivity index (χ2v) is 3.96. The molecule has 0 saturated heterocycles. The van der Waals surface area contributed by atoms with Gasteiger partial charge in [0.15, 0.2) is 12.7 Å². The quantitative estimate of drug-likeness (QED) is 0.487. The van der Waals surface area contributed by atoms with Crippen LogP contribution in [-0.4, -0.2) is 30.3 Å². The first kappa shape index (κ1) is 15.6. The highest BCUT2D eigenvalue weighted by molar-refractivity contribution is 7.07. The van der Waals surface area contributed by atoms with Crippen molar-refractivity contribution in [2.24, 2.45) is 0 Å². The average molecular weight is 310 g/mol. The molecule has 104 valence electrons. The largest absolute Gasteiger partial charge is 0.452 e. The highest BCUT2D eigenvalue weighted by atomic mass is 32.1. The molecule has 0 fully saturated rings. The van der Waals surface area contributed by atoms with E-state index in [-0.39, 0.29) is 0 Å². The molecule has 0 aliphatic carbocycles. The fraction of sp³-hybridized carbons (Fsp3) is 0. The van der Waals surface area contributed by atoms with Crippen LogP contribution in [0.3, 0.4) is 0 Å². The van der Waals surface area contributed by atoms with Crippen molar-refractivity contribution in [3.8, 4) is 0 Å². The summed E-state index contributed by atoms with van der Waals surface area (Å²) in [5.74, 6) is 0. The third-order valence-corrected chi connectivity index (χ3v) is 2.21. The summed E-state index contributed by atoms with van der Waals surface area (Å²) < 4.78 is 8.69. The Balaban J connectivity index is 0.000000133. The third kappa shape index (κ3) is 10.7. The maximum Gasteiger partial charge on any atom is 0.213 e. The van der Waals surface area contributed by atoms with Gasteiger partial charge in [0.2, 0.25) is 6.39 Å². The SMILES string of the molecule is c1cocn1.c1cscn1.c1ncon1.c1nncs1. The van der Waals surface area contributed by atoms with E-state index in [2.05, 4.69) is 39.2 Å². The second-order valence-electron chi connectivity index (χ2n) is 2.51. The van der Waals surface area contributed by atoms with Crippen LogP contribution < -0.4 is 0 Å². The summed E-state index contributed by atoms with van der Waals surface area (Å²) in [6.07, 6.45) is 8.84. The molecule has 0 aromatic carbocycles. The van der Waals surface area contributed by atoms with Crippen LogP contribution in [0.1, 0.15) is 0 Å². The van der Waals surface area contributed by atoms with E-state index in [1.54, 1.807) is 40.3 Å². The van der Waals surface area contributed by atoms with Crippen LogP contribution in [0.25, 0.3) is 0 Å². The van der Waals surface area contributed by atoms with Gasteiger partial charge in [0.1, 0.15) is 17.3 Å². The second kappa shape index (κ2) is 13.0. The van der Waals surface area contributed by atoms with Gasteiger partial charge in [-0.05, 0) is 0 Å². The molecule has 0 atom stereocenters. The summed E-state index contributed by atoms with van der Waals surface area (Å²) in [5.41, 5.74) is 5.15. The summed E-state index contributed by atoms with van der Waals surface area (Å²) in [4.78, 5) is 10.7. The first-order valence-electron chi connectivity index (χ1n) is 5.02. The summed E-state index contributed by atoms with van der Waals surface area (Å²) in [5, 5.41) is 12.1. The lowest BCUT2D eigenvalue weighted by atomic mass is 11.0. The molecule has 0 unspecified atom stereocenters. The van der Waals surface area contributed by atoms with E-state index in [0.717, 1.165) is 0 Å².